The van der Waals surface area contributed by atoms with Crippen molar-refractivity contribution in [3.8, 4) is 5.75 Å². The van der Waals surface area contributed by atoms with Gasteiger partial charge in [0.25, 0.3) is 0 Å². The second-order valence-electron chi connectivity index (χ2n) is 5.48. The normalized spacial score (nSPS) is 12.4. The minimum absolute atomic E-state index is 0.378. The number of ether oxygens (including phenoxy) is 1. The standard InChI is InChI=1S/C17H28N2OS/c1-5-7-10-19(13(3)6-2)12-14-8-9-15(17(18)21)16(11-14)20-4/h8-9,11,13H,5-7,10,12H2,1-4H3,(H2,18,21). The van der Waals surface area contributed by atoms with E-state index in [-0.39, 0.29) is 0 Å². The summed E-state index contributed by atoms with van der Waals surface area (Å²) < 4.78 is 5.41. The molecule has 0 aliphatic heterocycles. The summed E-state index contributed by atoms with van der Waals surface area (Å²) in [6.45, 7) is 8.82. The number of hydrogen-bond acceptors (Lipinski definition) is 3. The molecule has 0 amide bonds. The molecule has 0 saturated carbocycles. The maximum Gasteiger partial charge on any atom is 0.129 e. The van der Waals surface area contributed by atoms with Gasteiger partial charge in [-0.3, -0.25) is 4.90 Å². The van der Waals surface area contributed by atoms with E-state index in [4.69, 9.17) is 22.7 Å². The van der Waals surface area contributed by atoms with Crippen LogP contribution in [0, 0.1) is 0 Å². The van der Waals surface area contributed by atoms with E-state index in [0.29, 0.717) is 11.0 Å². The van der Waals surface area contributed by atoms with Gasteiger partial charge >= 0.3 is 0 Å². The lowest BCUT2D eigenvalue weighted by atomic mass is 10.1. The molecule has 0 heterocycles. The summed E-state index contributed by atoms with van der Waals surface area (Å²) >= 11 is 5.05. The van der Waals surface area contributed by atoms with Gasteiger partial charge in [0, 0.05) is 12.6 Å². The van der Waals surface area contributed by atoms with Crippen molar-refractivity contribution < 1.29 is 4.74 Å². The predicted molar refractivity (Wildman–Crippen MR) is 94.0 cm³/mol. The number of hydrogen-bond donors (Lipinski definition) is 1. The Morgan fingerprint density at radius 3 is 2.62 bits per heavy atom. The summed E-state index contributed by atoms with van der Waals surface area (Å²) in [4.78, 5) is 2.90. The zero-order valence-electron chi connectivity index (χ0n) is 13.7. The van der Waals surface area contributed by atoms with Gasteiger partial charge in [-0.15, -0.1) is 0 Å². The second kappa shape index (κ2) is 9.00. The predicted octanol–water partition coefficient (Wildman–Crippen LogP) is 3.73. The van der Waals surface area contributed by atoms with Crippen molar-refractivity contribution in [1.82, 2.24) is 4.90 Å². The van der Waals surface area contributed by atoms with Crippen molar-refractivity contribution in [3.63, 3.8) is 0 Å². The van der Waals surface area contributed by atoms with E-state index in [9.17, 15) is 0 Å². The maximum absolute atomic E-state index is 5.72. The molecule has 0 radical (unpaired) electrons. The average molecular weight is 308 g/mol. The molecule has 21 heavy (non-hydrogen) atoms. The number of thiocarbonyl (C=S) groups is 1. The molecule has 4 heteroatoms. The van der Waals surface area contributed by atoms with Gasteiger partial charge in [-0.1, -0.05) is 38.6 Å². The summed E-state index contributed by atoms with van der Waals surface area (Å²) in [6, 6.07) is 6.69. The van der Waals surface area contributed by atoms with Crippen LogP contribution in [0.5, 0.6) is 5.75 Å². The van der Waals surface area contributed by atoms with E-state index >= 15 is 0 Å². The first kappa shape index (κ1) is 17.9. The van der Waals surface area contributed by atoms with E-state index in [2.05, 4.69) is 37.8 Å². The lowest BCUT2D eigenvalue weighted by Gasteiger charge is -2.28. The lowest BCUT2D eigenvalue weighted by molar-refractivity contribution is 0.192. The summed E-state index contributed by atoms with van der Waals surface area (Å²) in [6.07, 6.45) is 3.61. The Hall–Kier alpha value is -1.13. The Balaban J connectivity index is 2.90. The second-order valence-corrected chi connectivity index (χ2v) is 5.92. The van der Waals surface area contributed by atoms with E-state index in [1.54, 1.807) is 7.11 Å². The van der Waals surface area contributed by atoms with Gasteiger partial charge in [0.05, 0.1) is 12.7 Å². The number of methoxy groups -OCH3 is 1. The van der Waals surface area contributed by atoms with Gasteiger partial charge in [0.2, 0.25) is 0 Å². The molecule has 2 N–H and O–H groups in total. The molecule has 0 aromatic heterocycles. The van der Waals surface area contributed by atoms with Crippen molar-refractivity contribution in [1.29, 1.82) is 0 Å². The van der Waals surface area contributed by atoms with Crippen LogP contribution in [0.2, 0.25) is 0 Å². The van der Waals surface area contributed by atoms with Crippen molar-refractivity contribution in [2.75, 3.05) is 13.7 Å². The third-order valence-corrected chi connectivity index (χ3v) is 4.15. The molecule has 1 aromatic rings. The van der Waals surface area contributed by atoms with E-state index < -0.39 is 0 Å². The fourth-order valence-electron chi connectivity index (χ4n) is 2.35. The van der Waals surface area contributed by atoms with Crippen LogP contribution in [0.4, 0.5) is 0 Å². The van der Waals surface area contributed by atoms with Crippen molar-refractivity contribution in [3.05, 3.63) is 29.3 Å². The third-order valence-electron chi connectivity index (χ3n) is 3.93. The summed E-state index contributed by atoms with van der Waals surface area (Å²) in [5.41, 5.74) is 7.76. The molecule has 1 unspecified atom stereocenters. The average Bonchev–Trinajstić information content (AvgIpc) is 2.50. The van der Waals surface area contributed by atoms with Crippen molar-refractivity contribution in [2.24, 2.45) is 5.73 Å². The fraction of sp³-hybridized carbons (Fsp3) is 0.588. The zero-order chi connectivity index (χ0) is 15.8. The van der Waals surface area contributed by atoms with Gasteiger partial charge in [-0.2, -0.15) is 0 Å². The van der Waals surface area contributed by atoms with Crippen LogP contribution < -0.4 is 10.5 Å². The van der Waals surface area contributed by atoms with Crippen LogP contribution in [0.25, 0.3) is 0 Å². The molecule has 0 aliphatic rings. The number of unbranched alkanes of at least 4 members (excludes halogenated alkanes) is 1. The molecule has 1 atom stereocenters. The van der Waals surface area contributed by atoms with Crippen LogP contribution in [-0.4, -0.2) is 29.6 Å². The summed E-state index contributed by atoms with van der Waals surface area (Å²) in [5.74, 6) is 0.764. The molecule has 0 spiro atoms. The number of benzene rings is 1. The number of rotatable bonds is 9. The zero-order valence-corrected chi connectivity index (χ0v) is 14.5. The first-order valence-electron chi connectivity index (χ1n) is 7.74. The largest absolute Gasteiger partial charge is 0.496 e. The van der Waals surface area contributed by atoms with Crippen LogP contribution >= 0.6 is 12.2 Å². The third kappa shape index (κ3) is 5.29. The monoisotopic (exact) mass is 308 g/mol. The van der Waals surface area contributed by atoms with Crippen LogP contribution in [0.15, 0.2) is 18.2 Å². The quantitative estimate of drug-likeness (QED) is 0.706. The highest BCUT2D eigenvalue weighted by atomic mass is 32.1. The molecular formula is C17H28N2OS. The number of nitrogens with zero attached hydrogens (tertiary/aromatic N) is 1. The Morgan fingerprint density at radius 1 is 1.38 bits per heavy atom. The van der Waals surface area contributed by atoms with Gasteiger partial charge in [-0.05, 0) is 44.0 Å². The molecule has 0 saturated heterocycles. The molecule has 118 valence electrons. The first-order chi connectivity index (χ1) is 10.0. The maximum atomic E-state index is 5.72. The minimum Gasteiger partial charge on any atom is -0.496 e. The SMILES string of the molecule is CCCCN(Cc1ccc(C(N)=S)c(OC)c1)C(C)CC. The van der Waals surface area contributed by atoms with Gasteiger partial charge in [-0.25, -0.2) is 0 Å². The van der Waals surface area contributed by atoms with Crippen LogP contribution in [0.3, 0.4) is 0 Å². The Morgan fingerprint density at radius 2 is 2.10 bits per heavy atom. The van der Waals surface area contributed by atoms with E-state index in [0.717, 1.165) is 30.8 Å². The van der Waals surface area contributed by atoms with Crippen LogP contribution in [-0.2, 0) is 6.54 Å². The molecule has 0 fully saturated rings. The highest BCUT2D eigenvalue weighted by molar-refractivity contribution is 7.80. The van der Waals surface area contributed by atoms with Crippen LogP contribution in [0.1, 0.15) is 51.2 Å². The summed E-state index contributed by atoms with van der Waals surface area (Å²) in [7, 11) is 1.66. The molecule has 3 nitrogen and oxygen atoms in total. The highest BCUT2D eigenvalue weighted by Crippen LogP contribution is 2.22. The van der Waals surface area contributed by atoms with Gasteiger partial charge in [0.1, 0.15) is 10.7 Å². The van der Waals surface area contributed by atoms with Gasteiger partial charge < -0.3 is 10.5 Å². The van der Waals surface area contributed by atoms with Crippen molar-refractivity contribution >= 4 is 17.2 Å². The van der Waals surface area contributed by atoms with Gasteiger partial charge in [0.15, 0.2) is 0 Å². The van der Waals surface area contributed by atoms with Crippen molar-refractivity contribution in [2.45, 2.75) is 52.6 Å². The van der Waals surface area contributed by atoms with E-state index in [1.807, 2.05) is 6.07 Å². The molecular weight excluding hydrogens is 280 g/mol. The number of nitrogens with two attached hydrogens (primary N) is 1. The smallest absolute Gasteiger partial charge is 0.129 e. The lowest BCUT2D eigenvalue weighted by Crippen LogP contribution is -2.33. The first-order valence-corrected chi connectivity index (χ1v) is 8.15. The molecule has 1 rings (SSSR count). The Bertz CT molecular complexity index is 462. The fourth-order valence-corrected chi connectivity index (χ4v) is 2.52. The Labute approximate surface area is 134 Å². The molecule has 1 aromatic carbocycles. The topological polar surface area (TPSA) is 38.5 Å². The Kier molecular flexibility index (Phi) is 7.68. The minimum atomic E-state index is 0.378. The summed E-state index contributed by atoms with van der Waals surface area (Å²) in [5, 5.41) is 0. The molecule has 0 bridgehead atoms. The highest BCUT2D eigenvalue weighted by Gasteiger charge is 2.14. The van der Waals surface area contributed by atoms with E-state index in [1.165, 1.54) is 18.4 Å². The molecule has 0 aliphatic carbocycles.